The molecule has 5 heterocycles. The molecule has 0 spiro atoms. The molecule has 0 fully saturated rings. The van der Waals surface area contributed by atoms with Gasteiger partial charge in [0.15, 0.2) is 0 Å². The van der Waals surface area contributed by atoms with E-state index in [0.717, 1.165) is 71.1 Å². The van der Waals surface area contributed by atoms with Crippen LogP contribution in [0.3, 0.4) is 0 Å². The number of hydrogen-bond donors (Lipinski definition) is 0. The van der Waals surface area contributed by atoms with Gasteiger partial charge in [-0.1, -0.05) is 30.3 Å². The van der Waals surface area contributed by atoms with E-state index in [1.807, 2.05) is 60.7 Å². The Morgan fingerprint density at radius 1 is 0.586 bits per heavy atom. The molecule has 3 aliphatic heterocycles. The molecule has 3 aliphatic rings. The number of nitrogens with zero attached hydrogens (tertiary/aromatic N) is 5. The number of anilines is 4. The molecule has 0 saturated carbocycles. The third-order valence-electron chi connectivity index (χ3n) is 13.9. The molecule has 0 amide bonds. The number of pyridine rings is 1. The van der Waals surface area contributed by atoms with Gasteiger partial charge >= 0.3 is 358 Å². The minimum atomic E-state index is -0.438. The van der Waals surface area contributed by atoms with Crippen molar-refractivity contribution in [3.63, 3.8) is 0 Å². The van der Waals surface area contributed by atoms with E-state index in [1.54, 1.807) is 0 Å². The molecule has 0 aliphatic carbocycles. The number of rotatable bonds is 6. The van der Waals surface area contributed by atoms with Crippen LogP contribution in [0.15, 0.2) is 182 Å². The molecule has 8 aromatic carbocycles. The summed E-state index contributed by atoms with van der Waals surface area (Å²) in [5.74, 6) is 1.67. The van der Waals surface area contributed by atoms with Gasteiger partial charge in [-0.3, -0.25) is 0 Å². The first-order chi connectivity index (χ1) is 36.0. The van der Waals surface area contributed by atoms with Gasteiger partial charge in [0, 0.05) is 11.3 Å². The Balaban J connectivity index is 0.975. The van der Waals surface area contributed by atoms with Crippen molar-refractivity contribution in [1.82, 2.24) is 14.1 Å². The zero-order valence-corrected chi connectivity index (χ0v) is 41.7. The van der Waals surface area contributed by atoms with Crippen LogP contribution in [0.1, 0.15) is 59.5 Å². The van der Waals surface area contributed by atoms with Crippen molar-refractivity contribution in [3.05, 3.63) is 209 Å². The van der Waals surface area contributed by atoms with Crippen molar-refractivity contribution in [2.24, 2.45) is 0 Å². The van der Waals surface area contributed by atoms with Crippen LogP contribution in [0.4, 0.5) is 22.9 Å². The van der Waals surface area contributed by atoms with Crippen molar-refractivity contribution in [1.29, 1.82) is 0 Å². The van der Waals surface area contributed by atoms with E-state index in [0.29, 0.717) is 28.6 Å². The zero-order valence-electron chi connectivity index (χ0n) is 44.5. The fourth-order valence-corrected chi connectivity index (χ4v) is 11.6. The predicted octanol–water partition coefficient (Wildman–Crippen LogP) is 14.9. The van der Waals surface area contributed by atoms with Crippen LogP contribution in [-0.4, -0.2) is 21.1 Å². The second kappa shape index (κ2) is 15.8. The summed E-state index contributed by atoms with van der Waals surface area (Å²) >= 11 is 2.35. The average Bonchev–Trinajstić information content (AvgIpc) is 4.05. The first kappa shape index (κ1) is 37.4. The Morgan fingerprint density at radius 3 is 1.96 bits per heavy atom. The molecule has 0 atom stereocenters. The van der Waals surface area contributed by atoms with Gasteiger partial charge in [0.05, 0.1) is 0 Å². The van der Waals surface area contributed by atoms with Crippen molar-refractivity contribution in [2.45, 2.75) is 52.4 Å². The van der Waals surface area contributed by atoms with Crippen LogP contribution in [0, 0.1) is 15.9 Å². The average molecular weight is 1090 g/mol. The Labute approximate surface area is 427 Å². The predicted molar refractivity (Wildman–Crippen MR) is 283 cm³/mol. The van der Waals surface area contributed by atoms with Gasteiger partial charge in [-0.05, 0) is 11.6 Å². The van der Waals surface area contributed by atoms with Crippen LogP contribution in [0.5, 0.6) is 11.6 Å². The number of imidazole rings is 1. The van der Waals surface area contributed by atoms with E-state index in [1.165, 1.54) is 16.6 Å². The number of fused-ring (bicyclic) bond motifs is 10. The van der Waals surface area contributed by atoms with Crippen LogP contribution < -0.4 is 19.8 Å². The molecule has 10 aromatic rings. The van der Waals surface area contributed by atoms with Gasteiger partial charge in [0.2, 0.25) is 0 Å². The molecule has 0 N–H and O–H groups in total. The Hall–Kier alpha value is -7.47. The van der Waals surface area contributed by atoms with Gasteiger partial charge in [-0.25, -0.2) is 0 Å². The standard InChI is InChI=1S/C62H48BN5O.Pt/c1-61(2,3)42-35-41(36-43(37-42)62(4,5)6)47-25-17-24-46(40-19-8-7-9-20-40)59(47)66-39-65(53-29-12-13-30-54(53)66)44-21-16-22-45(38-44)69-57-34-33-51-50-27-18-26-49-48-23-10-11-28-52(48)67-55-31-14-15-32-56(55)68(60(51)64-57)63(67)58(49)50;/h7-31,33-37H,1-6H3;/q-2;/i7D,8D,9D,19D,20D;. The third kappa shape index (κ3) is 6.58. The number of aromatic nitrogens is 3. The molecule has 13 rings (SSSR count). The number of ether oxygens (including phenoxy) is 1. The first-order valence-electron chi connectivity index (χ1n) is 26.1. The normalized spacial score (nSPS) is 14.3. The summed E-state index contributed by atoms with van der Waals surface area (Å²) in [6.07, 6.45) is 0. The summed E-state index contributed by atoms with van der Waals surface area (Å²) in [6.45, 7) is 13.1. The molecule has 0 bridgehead atoms. The number of benzene rings is 8. The molecule has 0 unspecified atom stereocenters. The maximum atomic E-state index is 9.29. The Kier molecular flexibility index (Phi) is 8.44. The van der Waals surface area contributed by atoms with Crippen molar-refractivity contribution < 1.29 is 30.9 Å². The van der Waals surface area contributed by atoms with Gasteiger partial charge in [0.25, 0.3) is 0 Å². The SMILES string of the molecule is [2H]c1c([2H])c([2H])c(-c2cccc(-c3cc(C(C)(C)C)cc(C(C)(C)C)c3)c2-n2[c](=[Pt])n(-c3[c-]c(Oc4ccc5c(n4)N4B6c7c(cccc7-5)-c5ccccc5N6c5ccc[c-]c54)ccc3)c3ccccc32)c([2H])c1[2H]. The zero-order chi connectivity index (χ0) is 52.0. The Bertz CT molecular complexity index is 4090. The molecule has 8 heteroatoms. The molecule has 0 radical (unpaired) electrons. The van der Waals surface area contributed by atoms with Crippen molar-refractivity contribution in [2.75, 3.05) is 9.62 Å². The fourth-order valence-electron chi connectivity index (χ4n) is 10.6. The van der Waals surface area contributed by atoms with Crippen LogP contribution in [-0.2, 0) is 30.2 Å². The third-order valence-corrected chi connectivity index (χ3v) is 14.9. The van der Waals surface area contributed by atoms with Crippen molar-refractivity contribution >= 4 is 46.4 Å². The fraction of sp³-hybridized carbons (Fsp3) is 0.129. The topological polar surface area (TPSA) is 38.5 Å². The molecule has 70 heavy (non-hydrogen) atoms. The van der Waals surface area contributed by atoms with E-state index < -0.39 is 18.1 Å². The van der Waals surface area contributed by atoms with Crippen LogP contribution in [0.25, 0.3) is 66.9 Å². The number of para-hydroxylation sites is 5. The van der Waals surface area contributed by atoms with Gasteiger partial charge in [-0.15, -0.1) is 6.07 Å². The second-order valence-electron chi connectivity index (χ2n) is 20.2. The maximum absolute atomic E-state index is 9.29. The van der Waals surface area contributed by atoms with E-state index in [9.17, 15) is 2.74 Å². The summed E-state index contributed by atoms with van der Waals surface area (Å²) in [5, 5.41) is 0. The van der Waals surface area contributed by atoms with E-state index in [-0.39, 0.29) is 35.5 Å². The van der Waals surface area contributed by atoms with E-state index in [4.69, 9.17) is 13.8 Å². The summed E-state index contributed by atoms with van der Waals surface area (Å²) in [6, 6.07) is 57.4. The van der Waals surface area contributed by atoms with Gasteiger partial charge in [0.1, 0.15) is 0 Å². The molecular formula is C62H48BN5OPt-2. The van der Waals surface area contributed by atoms with Gasteiger partial charge < -0.3 is 0 Å². The minimum absolute atomic E-state index is 0.126. The second-order valence-corrected chi connectivity index (χ2v) is 21.2. The molecule has 6 nitrogen and oxygen atoms in total. The monoisotopic (exact) mass is 1090 g/mol. The summed E-state index contributed by atoms with van der Waals surface area (Å²) < 4.78 is 56.5. The summed E-state index contributed by atoms with van der Waals surface area (Å²) in [7, 11) is 0. The van der Waals surface area contributed by atoms with Crippen LogP contribution >= 0.6 is 0 Å². The quantitative estimate of drug-likeness (QED) is 0.123. The van der Waals surface area contributed by atoms with Crippen molar-refractivity contribution in [3.8, 4) is 67.5 Å². The summed E-state index contributed by atoms with van der Waals surface area (Å²) in [5.41, 5.74) is 16.4. The molecule has 0 saturated heterocycles. The molecule has 342 valence electrons. The van der Waals surface area contributed by atoms with Gasteiger partial charge in [-0.2, -0.15) is 12.1 Å². The van der Waals surface area contributed by atoms with E-state index >= 15 is 0 Å². The molecule has 2 aromatic heterocycles. The number of hydrogen-bond acceptors (Lipinski definition) is 4. The van der Waals surface area contributed by atoms with Crippen LogP contribution in [0.2, 0.25) is 0 Å². The van der Waals surface area contributed by atoms with E-state index in [2.05, 4.69) is 183 Å². The Morgan fingerprint density at radius 2 is 1.21 bits per heavy atom. The first-order valence-corrected chi connectivity index (χ1v) is 24.7. The molecular weight excluding hydrogens is 1040 g/mol. The summed E-state index contributed by atoms with van der Waals surface area (Å²) in [4.78, 5) is 10.0.